The Kier molecular flexibility index (Phi) is 7.24. The maximum Gasteiger partial charge on any atom is 0.332 e. The van der Waals surface area contributed by atoms with Gasteiger partial charge in [0.05, 0.1) is 11.5 Å². The van der Waals surface area contributed by atoms with E-state index in [1.54, 1.807) is 6.33 Å². The molecule has 1 saturated carbocycles. The first-order chi connectivity index (χ1) is 17.9. The first kappa shape index (κ1) is 25.0. The maximum atomic E-state index is 12.0. The lowest BCUT2D eigenvalue weighted by Crippen LogP contribution is -2.32. The smallest absolute Gasteiger partial charge is 0.332 e. The summed E-state index contributed by atoms with van der Waals surface area (Å²) in [5, 5.41) is 4.54. The fourth-order valence-electron chi connectivity index (χ4n) is 4.84. The summed E-state index contributed by atoms with van der Waals surface area (Å²) in [6.45, 7) is 5.57. The van der Waals surface area contributed by atoms with Crippen molar-refractivity contribution in [2.24, 2.45) is 0 Å². The number of carbonyl (C=O) groups is 1. The molecule has 0 amide bonds. The highest BCUT2D eigenvalue weighted by atomic mass is 16.6. The molecule has 37 heavy (non-hydrogen) atoms. The molecule has 2 aromatic carbocycles. The number of anilines is 1. The molecule has 1 N–H and O–H groups in total. The minimum Gasteiger partial charge on any atom is -0.458 e. The van der Waals surface area contributed by atoms with E-state index in [1.807, 2.05) is 69.3 Å². The molecule has 1 fully saturated rings. The van der Waals surface area contributed by atoms with Crippen LogP contribution in [0.3, 0.4) is 0 Å². The Labute approximate surface area is 217 Å². The van der Waals surface area contributed by atoms with Crippen LogP contribution >= 0.6 is 0 Å². The van der Waals surface area contributed by atoms with Crippen LogP contribution in [0.5, 0.6) is 0 Å². The largest absolute Gasteiger partial charge is 0.458 e. The Balaban J connectivity index is 1.35. The summed E-state index contributed by atoms with van der Waals surface area (Å²) in [6, 6.07) is 20.6. The number of nitrogens with zero attached hydrogens (tertiary/aromatic N) is 2. The van der Waals surface area contributed by atoms with E-state index in [0.29, 0.717) is 5.71 Å². The van der Waals surface area contributed by atoms with Crippen LogP contribution in [0.15, 0.2) is 71.4 Å². The van der Waals surface area contributed by atoms with Crippen molar-refractivity contribution in [3.05, 3.63) is 67.0 Å². The van der Waals surface area contributed by atoms with Gasteiger partial charge in [-0.3, -0.25) is 0 Å². The van der Waals surface area contributed by atoms with E-state index >= 15 is 0 Å². The number of esters is 1. The predicted molar refractivity (Wildman–Crippen MR) is 144 cm³/mol. The number of hydrogen-bond donors (Lipinski definition) is 1. The summed E-state index contributed by atoms with van der Waals surface area (Å²) in [7, 11) is 0. The number of ether oxygens (including phenoxy) is 2. The van der Waals surface area contributed by atoms with Gasteiger partial charge < -0.3 is 19.2 Å². The lowest BCUT2D eigenvalue weighted by atomic mass is 9.92. The number of fused-ring (bicyclic) bond motifs is 1. The number of rotatable bonds is 7. The zero-order valence-corrected chi connectivity index (χ0v) is 21.6. The van der Waals surface area contributed by atoms with Gasteiger partial charge in [0.2, 0.25) is 5.71 Å². The van der Waals surface area contributed by atoms with Crippen molar-refractivity contribution in [2.45, 2.75) is 64.2 Å². The molecule has 4 aromatic rings. The molecule has 0 aliphatic heterocycles. The Morgan fingerprint density at radius 2 is 1.59 bits per heavy atom. The average Bonchev–Trinajstić information content (AvgIpc) is 3.29. The van der Waals surface area contributed by atoms with Crippen LogP contribution in [0.1, 0.15) is 46.5 Å². The van der Waals surface area contributed by atoms with E-state index in [4.69, 9.17) is 13.9 Å². The Bertz CT molecular complexity index is 1340. The fourth-order valence-corrected chi connectivity index (χ4v) is 4.84. The molecular formula is C30H33N3O4. The number of carbonyl (C=O) groups excluding carboxylic acids is 1. The highest BCUT2D eigenvalue weighted by molar-refractivity contribution is 6.05. The lowest BCUT2D eigenvalue weighted by Gasteiger charge is -2.29. The number of hydrogen-bond acceptors (Lipinski definition) is 7. The number of nitrogens with one attached hydrogen (secondary N) is 1. The molecule has 192 valence electrons. The van der Waals surface area contributed by atoms with Gasteiger partial charge in [0, 0.05) is 17.2 Å². The summed E-state index contributed by atoms with van der Waals surface area (Å²) < 4.78 is 17.5. The molecule has 0 radical (unpaired) electrons. The predicted octanol–water partition coefficient (Wildman–Crippen LogP) is 6.64. The third-order valence-electron chi connectivity index (χ3n) is 6.46. The molecule has 0 bridgehead atoms. The van der Waals surface area contributed by atoms with Gasteiger partial charge in [-0.15, -0.1) is 0 Å². The molecule has 2 heterocycles. The summed E-state index contributed by atoms with van der Waals surface area (Å²) in [5.41, 5.74) is 3.09. The molecule has 0 unspecified atom stereocenters. The van der Waals surface area contributed by atoms with E-state index in [9.17, 15) is 4.79 Å². The zero-order chi connectivity index (χ0) is 25.8. The van der Waals surface area contributed by atoms with Crippen molar-refractivity contribution in [1.82, 2.24) is 9.97 Å². The molecule has 7 nitrogen and oxygen atoms in total. The van der Waals surface area contributed by atoms with Crippen LogP contribution in [0.4, 0.5) is 5.82 Å². The zero-order valence-electron chi connectivity index (χ0n) is 21.6. The second-order valence-corrected chi connectivity index (χ2v) is 10.5. The van der Waals surface area contributed by atoms with Gasteiger partial charge >= 0.3 is 5.97 Å². The van der Waals surface area contributed by atoms with Crippen LogP contribution in [0, 0.1) is 0 Å². The van der Waals surface area contributed by atoms with Crippen molar-refractivity contribution in [1.29, 1.82) is 0 Å². The molecule has 2 aromatic heterocycles. The van der Waals surface area contributed by atoms with E-state index in [2.05, 4.69) is 27.4 Å². The summed E-state index contributed by atoms with van der Waals surface area (Å²) in [6.07, 6.45) is 5.15. The third-order valence-corrected chi connectivity index (χ3v) is 6.46. The second kappa shape index (κ2) is 10.7. The van der Waals surface area contributed by atoms with Gasteiger partial charge in [-0.25, -0.2) is 14.8 Å². The van der Waals surface area contributed by atoms with Gasteiger partial charge in [0.1, 0.15) is 30.1 Å². The lowest BCUT2D eigenvalue weighted by molar-refractivity contribution is -0.162. The molecular weight excluding hydrogens is 466 g/mol. The molecule has 0 spiro atoms. The minimum atomic E-state index is -0.503. The average molecular weight is 500 g/mol. The first-order valence-corrected chi connectivity index (χ1v) is 12.9. The summed E-state index contributed by atoms with van der Waals surface area (Å²) in [5.74, 6) is 1.23. The third kappa shape index (κ3) is 6.00. The van der Waals surface area contributed by atoms with Crippen molar-refractivity contribution in [2.75, 3.05) is 11.9 Å². The molecule has 0 saturated heterocycles. The van der Waals surface area contributed by atoms with Gasteiger partial charge in [-0.2, -0.15) is 0 Å². The minimum absolute atomic E-state index is 0.00964. The highest BCUT2D eigenvalue weighted by Gasteiger charge is 2.27. The maximum absolute atomic E-state index is 12.0. The number of benzene rings is 2. The van der Waals surface area contributed by atoms with E-state index in [0.717, 1.165) is 59.3 Å². The van der Waals surface area contributed by atoms with Crippen molar-refractivity contribution >= 4 is 22.9 Å². The first-order valence-electron chi connectivity index (χ1n) is 12.9. The number of aromatic nitrogens is 2. The second-order valence-electron chi connectivity index (χ2n) is 10.5. The van der Waals surface area contributed by atoms with E-state index < -0.39 is 5.60 Å². The molecule has 7 heteroatoms. The van der Waals surface area contributed by atoms with Crippen LogP contribution in [0.2, 0.25) is 0 Å². The SMILES string of the molecule is CC(C)(C)OC(=O)COC1CCC(Nc2ncnc3oc(-c4ccccc4)c(-c4ccccc4)c23)CC1. The standard InChI is InChI=1S/C30H33N3O4/c1-30(2,3)37-24(34)18-35-23-16-14-22(15-17-23)33-28-26-25(20-10-6-4-7-11-20)27(21-12-8-5-9-13-21)36-29(26)32-19-31-28/h4-13,19,22-23H,14-18H2,1-3H3,(H,31,32,33). The van der Waals surface area contributed by atoms with Crippen LogP contribution in [-0.2, 0) is 14.3 Å². The highest BCUT2D eigenvalue weighted by Crippen LogP contribution is 2.42. The van der Waals surface area contributed by atoms with Gasteiger partial charge in [0.25, 0.3) is 0 Å². The quantitative estimate of drug-likeness (QED) is 0.285. The van der Waals surface area contributed by atoms with Crippen LogP contribution in [-0.4, -0.2) is 40.3 Å². The van der Waals surface area contributed by atoms with E-state index in [-0.39, 0.29) is 24.7 Å². The Morgan fingerprint density at radius 1 is 0.946 bits per heavy atom. The topological polar surface area (TPSA) is 86.5 Å². The summed E-state index contributed by atoms with van der Waals surface area (Å²) in [4.78, 5) is 21.1. The molecule has 5 rings (SSSR count). The summed E-state index contributed by atoms with van der Waals surface area (Å²) >= 11 is 0. The van der Waals surface area contributed by atoms with Crippen molar-refractivity contribution in [3.63, 3.8) is 0 Å². The van der Waals surface area contributed by atoms with Gasteiger partial charge in [0.15, 0.2) is 0 Å². The fraction of sp³-hybridized carbons (Fsp3) is 0.367. The van der Waals surface area contributed by atoms with Crippen LogP contribution < -0.4 is 5.32 Å². The van der Waals surface area contributed by atoms with Crippen molar-refractivity contribution in [3.8, 4) is 22.5 Å². The Hall–Kier alpha value is -3.71. The van der Waals surface area contributed by atoms with Gasteiger partial charge in [-0.05, 0) is 52.0 Å². The molecule has 1 aliphatic rings. The normalized spacial score (nSPS) is 18.0. The monoisotopic (exact) mass is 499 g/mol. The van der Waals surface area contributed by atoms with E-state index in [1.165, 1.54) is 0 Å². The van der Waals surface area contributed by atoms with Crippen molar-refractivity contribution < 1.29 is 18.7 Å². The number of furan rings is 1. The molecule has 0 atom stereocenters. The Morgan fingerprint density at radius 3 is 2.24 bits per heavy atom. The van der Waals surface area contributed by atoms with Gasteiger partial charge in [-0.1, -0.05) is 60.7 Å². The molecule has 1 aliphatic carbocycles. The van der Waals surface area contributed by atoms with Crippen LogP contribution in [0.25, 0.3) is 33.6 Å².